The van der Waals surface area contributed by atoms with E-state index in [1.165, 1.54) is 122 Å². The van der Waals surface area contributed by atoms with Crippen molar-refractivity contribution in [2.75, 3.05) is 19.6 Å². The first-order chi connectivity index (χ1) is 40.1. The predicted molar refractivity (Wildman–Crippen MR) is 349 cm³/mol. The van der Waals surface area contributed by atoms with Crippen LogP contribution >= 0.6 is 0 Å². The normalized spacial score (nSPS) is 23.2. The van der Waals surface area contributed by atoms with Crippen LogP contribution in [0.2, 0.25) is 0 Å². The van der Waals surface area contributed by atoms with Gasteiger partial charge in [-0.2, -0.15) is 0 Å². The van der Waals surface area contributed by atoms with Gasteiger partial charge in [-0.3, -0.25) is 0 Å². The first kappa shape index (κ1) is 49.5. The van der Waals surface area contributed by atoms with Crippen molar-refractivity contribution in [3.8, 4) is 0 Å². The molecule has 6 nitrogen and oxygen atoms in total. The summed E-state index contributed by atoms with van der Waals surface area (Å²) >= 11 is 0. The van der Waals surface area contributed by atoms with Crippen molar-refractivity contribution in [3.63, 3.8) is 0 Å². The molecule has 6 heterocycles. The minimum atomic E-state index is -0.188. The van der Waals surface area contributed by atoms with Crippen molar-refractivity contribution in [1.29, 1.82) is 0 Å². The largest absolute Gasteiger partial charge is 0.456 e. The number of fused-ring (bicyclic) bond motifs is 16. The highest BCUT2D eigenvalue weighted by Gasteiger charge is 2.60. The maximum atomic E-state index is 7.23. The van der Waals surface area contributed by atoms with E-state index in [1.807, 2.05) is 0 Å². The zero-order valence-corrected chi connectivity index (χ0v) is 49.5. The van der Waals surface area contributed by atoms with Gasteiger partial charge in [0.2, 0.25) is 0 Å². The molecular formula is C76H71BN4O2. The monoisotopic (exact) mass is 1080 g/mol. The molecule has 410 valence electrons. The summed E-state index contributed by atoms with van der Waals surface area (Å²) in [4.78, 5) is 10.8. The van der Waals surface area contributed by atoms with Crippen molar-refractivity contribution in [1.82, 2.24) is 0 Å². The number of para-hydroxylation sites is 4. The van der Waals surface area contributed by atoms with Crippen LogP contribution in [-0.2, 0) is 16.2 Å². The smallest absolute Gasteiger partial charge is 0.252 e. The molecule has 7 heteroatoms. The third-order valence-corrected chi connectivity index (χ3v) is 22.2. The molecule has 83 heavy (non-hydrogen) atoms. The highest BCUT2D eigenvalue weighted by molar-refractivity contribution is 7.00. The maximum Gasteiger partial charge on any atom is 0.252 e. The summed E-state index contributed by atoms with van der Waals surface area (Å²) in [7, 11) is 0. The Morgan fingerprint density at radius 1 is 0.434 bits per heavy atom. The van der Waals surface area contributed by atoms with Gasteiger partial charge in [0, 0.05) is 89.6 Å². The predicted octanol–water partition coefficient (Wildman–Crippen LogP) is 19.0. The molecule has 9 aromatic carbocycles. The topological polar surface area (TPSA) is 39.2 Å². The summed E-state index contributed by atoms with van der Waals surface area (Å²) < 4.78 is 14.0. The first-order valence-corrected chi connectivity index (χ1v) is 30.8. The molecule has 0 saturated heterocycles. The Morgan fingerprint density at radius 3 is 1.83 bits per heavy atom. The average Bonchev–Trinajstić information content (AvgIpc) is 1.95. The Labute approximate surface area is 488 Å². The number of anilines is 10. The standard InChI is InChI=1S/C76H71BN4O2/c1-46-39-47(2)69-63(40-46)80(76(9)38-19-17-36-74(69,76)7)50-31-33-57-62(42-50)79(61-26-20-23-55-53-22-11-15-28-67(53)83-71(55)61)65-44-51(81-59-25-13-12-24-56(59)73(6)35-16-18-37-75(73,81)8)43-64-70(65)77(57)58-41-48(72(3,4)5)29-34-60(58)78(64)49-30-32-54-52-21-10-14-27-66(52)82-68(54)45-49/h10-15,20-34,39-45H,16-19,35-38H2,1-9H3. The minimum Gasteiger partial charge on any atom is -0.456 e. The molecule has 11 aromatic rings. The Hall–Kier alpha value is -8.16. The van der Waals surface area contributed by atoms with E-state index >= 15 is 0 Å². The molecule has 2 aliphatic carbocycles. The van der Waals surface area contributed by atoms with E-state index in [4.69, 9.17) is 8.83 Å². The highest BCUT2D eigenvalue weighted by atomic mass is 16.3. The molecule has 2 fully saturated rings. The lowest BCUT2D eigenvalue weighted by molar-refractivity contribution is 0.194. The molecule has 0 radical (unpaired) electrons. The Balaban J connectivity index is 1.01. The second kappa shape index (κ2) is 16.8. The van der Waals surface area contributed by atoms with Crippen LogP contribution in [0.5, 0.6) is 0 Å². The minimum absolute atomic E-state index is 0.0134. The van der Waals surface area contributed by atoms with E-state index < -0.39 is 0 Å². The molecule has 2 aromatic heterocycles. The molecule has 17 rings (SSSR count). The van der Waals surface area contributed by atoms with Gasteiger partial charge in [-0.05, 0) is 176 Å². The number of benzene rings is 9. The Morgan fingerprint density at radius 2 is 1.05 bits per heavy atom. The van der Waals surface area contributed by atoms with Gasteiger partial charge in [-0.15, -0.1) is 0 Å². The fraction of sp³-hybridized carbons (Fsp3) is 0.289. The maximum absolute atomic E-state index is 7.23. The fourth-order valence-electron chi connectivity index (χ4n) is 17.9. The van der Waals surface area contributed by atoms with E-state index in [1.54, 1.807) is 0 Å². The third-order valence-electron chi connectivity index (χ3n) is 22.2. The summed E-state index contributed by atoms with van der Waals surface area (Å²) in [5.74, 6) is 0. The van der Waals surface area contributed by atoms with Crippen LogP contribution in [0.3, 0.4) is 0 Å². The summed E-state index contributed by atoms with van der Waals surface area (Å²) in [5, 5.41) is 4.50. The number of furan rings is 2. The number of hydrogen-bond donors (Lipinski definition) is 0. The lowest BCUT2D eigenvalue weighted by Crippen LogP contribution is -2.62. The molecule has 4 unspecified atom stereocenters. The number of aryl methyl sites for hydroxylation is 2. The van der Waals surface area contributed by atoms with Crippen LogP contribution in [0.25, 0.3) is 43.9 Å². The molecule has 0 N–H and O–H groups in total. The number of nitrogens with zero attached hydrogens (tertiary/aromatic N) is 4. The van der Waals surface area contributed by atoms with Crippen molar-refractivity contribution in [2.45, 2.75) is 141 Å². The van der Waals surface area contributed by atoms with Crippen LogP contribution < -0.4 is 36.0 Å². The zero-order chi connectivity index (χ0) is 56.3. The molecule has 0 amide bonds. The van der Waals surface area contributed by atoms with E-state index in [0.717, 1.165) is 74.5 Å². The van der Waals surface area contributed by atoms with Gasteiger partial charge in [0.15, 0.2) is 5.58 Å². The molecule has 0 bridgehead atoms. The van der Waals surface area contributed by atoms with E-state index in [9.17, 15) is 0 Å². The average molecular weight is 1080 g/mol. The van der Waals surface area contributed by atoms with Crippen molar-refractivity contribution in [3.05, 3.63) is 198 Å². The quantitative estimate of drug-likeness (QED) is 0.164. The summed E-state index contributed by atoms with van der Waals surface area (Å²) in [6.45, 7) is 21.9. The zero-order valence-electron chi connectivity index (χ0n) is 49.5. The lowest BCUT2D eigenvalue weighted by atomic mass is 9.33. The lowest BCUT2D eigenvalue weighted by Gasteiger charge is -2.51. The Bertz CT molecular complexity index is 4620. The number of hydrogen-bond acceptors (Lipinski definition) is 6. The van der Waals surface area contributed by atoms with Gasteiger partial charge in [0.25, 0.3) is 6.71 Å². The third kappa shape index (κ3) is 6.41. The van der Waals surface area contributed by atoms with Gasteiger partial charge < -0.3 is 28.4 Å². The SMILES string of the molecule is Cc1cc(C)c2c(c1)N(c1ccc3c(c1)N(c1cccc4c1oc1ccccc14)c1cc(N4c5ccccc5C5(C)CCCCC45C)cc4c1B3c1cc(C(C)(C)C)ccc1N4c1ccc3c(c1)oc1ccccc13)C1(C)CCCCC21C. The van der Waals surface area contributed by atoms with Crippen LogP contribution in [-0.4, -0.2) is 17.8 Å². The van der Waals surface area contributed by atoms with E-state index in [-0.39, 0.29) is 34.0 Å². The highest BCUT2D eigenvalue weighted by Crippen LogP contribution is 2.64. The first-order valence-electron chi connectivity index (χ1n) is 30.8. The van der Waals surface area contributed by atoms with E-state index in [0.29, 0.717) is 0 Å². The second-order valence-electron chi connectivity index (χ2n) is 27.6. The summed E-state index contributed by atoms with van der Waals surface area (Å²) in [5.41, 5.74) is 26.0. The molecule has 4 atom stereocenters. The molecule has 0 spiro atoms. The summed E-state index contributed by atoms with van der Waals surface area (Å²) in [6, 6.07) is 65.3. The molecular weight excluding hydrogens is 1010 g/mol. The van der Waals surface area contributed by atoms with E-state index in [2.05, 4.69) is 252 Å². The molecule has 2 saturated carbocycles. The van der Waals surface area contributed by atoms with Gasteiger partial charge in [0.1, 0.15) is 16.7 Å². The van der Waals surface area contributed by atoms with Crippen molar-refractivity contribution < 1.29 is 8.83 Å². The van der Waals surface area contributed by atoms with Crippen molar-refractivity contribution in [2.24, 2.45) is 0 Å². The van der Waals surface area contributed by atoms with Crippen LogP contribution in [0.4, 0.5) is 56.9 Å². The van der Waals surface area contributed by atoms with Crippen LogP contribution in [0.15, 0.2) is 179 Å². The molecule has 4 aliphatic heterocycles. The van der Waals surface area contributed by atoms with Gasteiger partial charge in [0.05, 0.1) is 16.8 Å². The summed E-state index contributed by atoms with van der Waals surface area (Å²) in [6.07, 6.45) is 9.42. The second-order valence-corrected chi connectivity index (χ2v) is 27.6. The van der Waals surface area contributed by atoms with Gasteiger partial charge in [-0.1, -0.05) is 151 Å². The van der Waals surface area contributed by atoms with Gasteiger partial charge >= 0.3 is 0 Å². The Kier molecular flexibility index (Phi) is 9.99. The number of rotatable bonds is 4. The van der Waals surface area contributed by atoms with Crippen molar-refractivity contribution >= 4 is 124 Å². The fourth-order valence-corrected chi connectivity index (χ4v) is 17.9. The molecule has 6 aliphatic rings. The van der Waals surface area contributed by atoms with Gasteiger partial charge in [-0.25, -0.2) is 0 Å². The van der Waals surface area contributed by atoms with Crippen LogP contribution in [0.1, 0.15) is 128 Å². The van der Waals surface area contributed by atoms with Crippen LogP contribution in [0, 0.1) is 13.8 Å².